The van der Waals surface area contributed by atoms with E-state index in [1.165, 1.54) is 156 Å². The Bertz CT molecular complexity index is 3920. The predicted molar refractivity (Wildman–Crippen MR) is 342 cm³/mol. The molecular weight excluding hydrogens is 966 g/mol. The van der Waals surface area contributed by atoms with Crippen molar-refractivity contribution in [2.45, 2.75) is 142 Å². The number of hydrogen-bond donors (Lipinski definition) is 0. The fourth-order valence-corrected chi connectivity index (χ4v) is 15.3. The van der Waals surface area contributed by atoms with Gasteiger partial charge >= 0.3 is 6.85 Å². The molecule has 0 spiro atoms. The van der Waals surface area contributed by atoms with Crippen molar-refractivity contribution in [3.8, 4) is 33.4 Å². The zero-order chi connectivity index (χ0) is 55.0. The molecule has 2 aliphatic heterocycles. The predicted octanol–water partition coefficient (Wildman–Crippen LogP) is 19.5. The van der Waals surface area contributed by atoms with E-state index in [0.29, 0.717) is 0 Å². The third-order valence-corrected chi connectivity index (χ3v) is 19.8. The van der Waals surface area contributed by atoms with Gasteiger partial charge < -0.3 is 14.6 Å². The molecule has 9 aromatic rings. The van der Waals surface area contributed by atoms with E-state index >= 15 is 0 Å². The monoisotopic (exact) mass is 1040 g/mol. The van der Waals surface area contributed by atoms with Gasteiger partial charge in [0, 0.05) is 61.9 Å². The first kappa shape index (κ1) is 50.6. The van der Waals surface area contributed by atoms with E-state index in [1.807, 2.05) is 0 Å². The Morgan fingerprint density at radius 3 is 1.68 bits per heavy atom. The number of anilines is 8. The van der Waals surface area contributed by atoms with Gasteiger partial charge in [0.15, 0.2) is 0 Å². The van der Waals surface area contributed by atoms with E-state index in [0.717, 1.165) is 29.9 Å². The molecule has 0 N–H and O–H groups in total. The first-order chi connectivity index (χ1) is 38.6. The molecule has 0 saturated heterocycles. The van der Waals surface area contributed by atoms with Gasteiger partial charge in [0.2, 0.25) is 0 Å². The summed E-state index contributed by atoms with van der Waals surface area (Å²) >= 11 is 0. The van der Waals surface area contributed by atoms with Gasteiger partial charge in [0.05, 0.1) is 0 Å². The van der Waals surface area contributed by atoms with Gasteiger partial charge in [0.1, 0.15) is 0 Å². The zero-order valence-electron chi connectivity index (χ0n) is 48.9. The normalized spacial score (nSPS) is 16.6. The summed E-state index contributed by atoms with van der Waals surface area (Å²) in [5, 5.41) is 0. The molecule has 4 heteroatoms. The number of fused-ring (bicyclic) bond motifs is 12. The summed E-state index contributed by atoms with van der Waals surface area (Å²) in [6, 6.07) is 71.2. The van der Waals surface area contributed by atoms with Crippen molar-refractivity contribution in [2.75, 3.05) is 14.6 Å². The van der Waals surface area contributed by atoms with E-state index in [4.69, 9.17) is 0 Å². The molecule has 0 aromatic heterocycles. The van der Waals surface area contributed by atoms with Crippen LogP contribution < -0.4 is 25.5 Å². The van der Waals surface area contributed by atoms with Crippen LogP contribution in [0.25, 0.3) is 33.4 Å². The second-order valence-corrected chi connectivity index (χ2v) is 26.4. The van der Waals surface area contributed by atoms with Crippen LogP contribution in [0, 0.1) is 0 Å². The standard InChI is InChI=1S/C76H76BN3/c1-11-13-23-49-31-35-52(36-32-49)78(51-25-17-15-18-26-51)55-39-40-66-68(43-55)79(53-37-33-50(34-38-53)24-14-12-2)69-46-59-56-29-21-22-30-61(56)76(9,10)71(59)70-60-44-57-58-45-64-65(74(5,6)42-41-73(64,3)4)47-62(58)75(7,8)63(57)48-67(60)80(77(66)72(69)70)54-27-19-16-20-28-54/h15-22,25-40,43-48H,11-14,23-24,41-42H2,1-10H3. The molecule has 0 atom stereocenters. The lowest BCUT2D eigenvalue weighted by Crippen LogP contribution is -2.62. The molecule has 0 fully saturated rings. The molecule has 80 heavy (non-hydrogen) atoms. The highest BCUT2D eigenvalue weighted by Crippen LogP contribution is 2.61. The number of benzene rings is 9. The van der Waals surface area contributed by atoms with Gasteiger partial charge in [-0.3, -0.25) is 0 Å². The summed E-state index contributed by atoms with van der Waals surface area (Å²) in [6.45, 7) is 24.3. The Morgan fingerprint density at radius 1 is 0.425 bits per heavy atom. The number of hydrogen-bond acceptors (Lipinski definition) is 3. The number of unbranched alkanes of at least 4 members (excludes halogenated alkanes) is 2. The maximum atomic E-state index is 2.74. The molecule has 9 aromatic carbocycles. The largest absolute Gasteiger partial charge is 0.376 e. The van der Waals surface area contributed by atoms with Crippen LogP contribution in [0.1, 0.15) is 152 Å². The first-order valence-corrected chi connectivity index (χ1v) is 30.1. The molecule has 0 saturated carbocycles. The summed E-state index contributed by atoms with van der Waals surface area (Å²) in [7, 11) is 0. The van der Waals surface area contributed by atoms with Crippen molar-refractivity contribution in [1.82, 2.24) is 0 Å². The third-order valence-electron chi connectivity index (χ3n) is 19.8. The van der Waals surface area contributed by atoms with Crippen molar-refractivity contribution in [3.05, 3.63) is 226 Å². The highest BCUT2D eigenvalue weighted by atomic mass is 15.2. The van der Waals surface area contributed by atoms with Crippen molar-refractivity contribution >= 4 is 63.3 Å². The van der Waals surface area contributed by atoms with Gasteiger partial charge in [0.25, 0.3) is 0 Å². The second-order valence-electron chi connectivity index (χ2n) is 26.4. The van der Waals surface area contributed by atoms with Gasteiger partial charge in [-0.15, -0.1) is 0 Å². The van der Waals surface area contributed by atoms with Crippen molar-refractivity contribution in [2.24, 2.45) is 0 Å². The minimum Gasteiger partial charge on any atom is -0.376 e. The molecule has 3 nitrogen and oxygen atoms in total. The van der Waals surface area contributed by atoms with E-state index in [-0.39, 0.29) is 28.5 Å². The summed E-state index contributed by atoms with van der Waals surface area (Å²) in [6.07, 6.45) is 9.28. The molecule has 398 valence electrons. The summed E-state index contributed by atoms with van der Waals surface area (Å²) < 4.78 is 0. The average molecular weight is 1040 g/mol. The van der Waals surface area contributed by atoms with Crippen LogP contribution in [0.4, 0.5) is 45.5 Å². The van der Waals surface area contributed by atoms with Crippen LogP contribution in [-0.2, 0) is 34.5 Å². The Labute approximate surface area is 477 Å². The van der Waals surface area contributed by atoms with Crippen LogP contribution in [0.5, 0.6) is 0 Å². The Balaban J connectivity index is 1.08. The van der Waals surface area contributed by atoms with Crippen LogP contribution >= 0.6 is 0 Å². The smallest absolute Gasteiger partial charge is 0.333 e. The minimum atomic E-state index is -0.268. The summed E-state index contributed by atoms with van der Waals surface area (Å²) in [5.74, 6) is 0. The fraction of sp³-hybridized carbons (Fsp3) is 0.289. The van der Waals surface area contributed by atoms with Gasteiger partial charge in [-0.1, -0.05) is 179 Å². The van der Waals surface area contributed by atoms with Gasteiger partial charge in [-0.2, -0.15) is 0 Å². The van der Waals surface area contributed by atoms with Crippen LogP contribution in [0.15, 0.2) is 182 Å². The lowest BCUT2D eigenvalue weighted by Gasteiger charge is -2.47. The quantitative estimate of drug-likeness (QED) is 0.120. The molecule has 2 heterocycles. The Hall–Kier alpha value is -7.56. The Morgan fingerprint density at radius 2 is 1.00 bits per heavy atom. The molecule has 3 aliphatic carbocycles. The van der Waals surface area contributed by atoms with E-state index in [2.05, 4.69) is 266 Å². The lowest BCUT2D eigenvalue weighted by molar-refractivity contribution is 0.331. The van der Waals surface area contributed by atoms with E-state index in [1.54, 1.807) is 0 Å². The SMILES string of the molecule is CCCCc1ccc(N(c2ccccc2)c2ccc3c(c2)N(c2ccc(CCCC)cc2)c2cc4c(c5c2B3N(c2ccccc2)c2cc3c(cc2-5)-c2cc5c(cc2C3(C)C)C(C)(C)CCC5(C)C)C(C)(C)c2ccccc2-4)cc1. The number of nitrogens with zero attached hydrogens (tertiary/aromatic N) is 3. The third kappa shape index (κ3) is 7.60. The average Bonchev–Trinajstić information content (AvgIpc) is 4.02. The van der Waals surface area contributed by atoms with Gasteiger partial charge in [-0.25, -0.2) is 0 Å². The fourth-order valence-electron chi connectivity index (χ4n) is 15.3. The molecule has 0 radical (unpaired) electrons. The molecule has 5 aliphatic rings. The topological polar surface area (TPSA) is 9.72 Å². The number of para-hydroxylation sites is 2. The number of aryl methyl sites for hydroxylation is 2. The van der Waals surface area contributed by atoms with Crippen molar-refractivity contribution in [3.63, 3.8) is 0 Å². The van der Waals surface area contributed by atoms with Crippen LogP contribution in [0.3, 0.4) is 0 Å². The highest BCUT2D eigenvalue weighted by Gasteiger charge is 2.52. The van der Waals surface area contributed by atoms with Crippen LogP contribution in [0.2, 0.25) is 0 Å². The summed E-state index contributed by atoms with van der Waals surface area (Å²) in [4.78, 5) is 7.86. The lowest BCUT2D eigenvalue weighted by atomic mass is 9.42. The first-order valence-electron chi connectivity index (χ1n) is 30.1. The van der Waals surface area contributed by atoms with E-state index in [9.17, 15) is 0 Å². The maximum Gasteiger partial charge on any atom is 0.333 e. The van der Waals surface area contributed by atoms with E-state index < -0.39 is 0 Å². The van der Waals surface area contributed by atoms with Crippen LogP contribution in [-0.4, -0.2) is 6.85 Å². The Kier molecular flexibility index (Phi) is 11.7. The zero-order valence-corrected chi connectivity index (χ0v) is 48.9. The van der Waals surface area contributed by atoms with Crippen molar-refractivity contribution in [1.29, 1.82) is 0 Å². The number of rotatable bonds is 11. The summed E-state index contributed by atoms with van der Waals surface area (Å²) in [5.41, 5.74) is 31.7. The molecule has 0 unspecified atom stereocenters. The molecule has 14 rings (SSSR count). The highest BCUT2D eigenvalue weighted by molar-refractivity contribution is 6.93. The molecular formula is C76H76BN3. The molecule has 0 bridgehead atoms. The maximum absolute atomic E-state index is 2.74. The minimum absolute atomic E-state index is 0.0926. The van der Waals surface area contributed by atoms with Crippen molar-refractivity contribution < 1.29 is 0 Å². The van der Waals surface area contributed by atoms with Gasteiger partial charge in [-0.05, 0) is 218 Å². The second kappa shape index (κ2) is 18.5. The molecule has 0 amide bonds.